The Morgan fingerprint density at radius 3 is 0.569 bits per heavy atom. The Labute approximate surface area is 384 Å². The van der Waals surface area contributed by atoms with Crippen molar-refractivity contribution in [3.8, 4) is 0 Å². The van der Waals surface area contributed by atoms with Crippen LogP contribution < -0.4 is 0 Å². The highest BCUT2D eigenvalue weighted by Crippen LogP contribution is 1.80. The predicted octanol–water partition coefficient (Wildman–Crippen LogP) is -13.3. The molecule has 7 heterocycles. The summed E-state index contributed by atoms with van der Waals surface area (Å²) >= 11 is 0. The van der Waals surface area contributed by atoms with Gasteiger partial charge in [-0.05, 0) is 0 Å². The summed E-state index contributed by atoms with van der Waals surface area (Å²) in [7, 11) is 0.438. The maximum absolute atomic E-state index is 5.13. The first-order chi connectivity index (χ1) is 28.9. The zero-order valence-electron chi connectivity index (χ0n) is 26.7. The van der Waals surface area contributed by atoms with Gasteiger partial charge in [-0.3, -0.25) is 0 Å². The van der Waals surface area contributed by atoms with Gasteiger partial charge in [0, 0.05) is 0 Å². The van der Waals surface area contributed by atoms with Crippen LogP contribution >= 0.6 is 0 Å². The Bertz CT molecular complexity index is 1340. The molecule has 291 valence electrons. The van der Waals surface area contributed by atoms with Crippen LogP contribution in [0.4, 0.5) is 0 Å². The fourth-order valence-corrected chi connectivity index (χ4v) is 21.2. The molecule has 7 rings (SSSR count). The average Bonchev–Trinajstić information content (AvgIpc) is 3.12. The molecule has 0 saturated carbocycles. The molecule has 0 amide bonds. The maximum atomic E-state index is 5.13. The van der Waals surface area contributed by atoms with Crippen molar-refractivity contribution in [3.05, 3.63) is 12.3 Å². The zero-order valence-corrected chi connectivity index (χ0v) is 54.7. The van der Waals surface area contributed by atoms with E-state index in [2.05, 4.69) is 6.58 Å². The number of rotatable bonds is 1. The lowest BCUT2D eigenvalue weighted by molar-refractivity contribution is 0.165. The molecule has 0 unspecified atom stereocenters. The molecule has 58 heavy (non-hydrogen) atoms. The average molecular weight is 1260 g/mol. The smallest absolute Gasteiger partial charge is 0.747 e. The van der Waals surface area contributed by atoms with Crippen LogP contribution in [-0.2, 0) is 106 Å². The van der Waals surface area contributed by atoms with Gasteiger partial charge in [-0.25, -0.2) is 0 Å². The Hall–Kier alpha value is 0.213. The molecule has 0 aromatic carbocycles. The summed E-state index contributed by atoms with van der Waals surface area (Å²) in [6, 6.07) is 0. The first-order valence-electron chi connectivity index (χ1n) is 12.1. The van der Waals surface area contributed by atoms with Crippen molar-refractivity contribution >= 4 is 270 Å². The molecular formula is C2H3O28Si28. The van der Waals surface area contributed by atoms with Gasteiger partial charge in [0.15, 0.2) is 0 Å². The molecule has 7 aliphatic heterocycles. The van der Waals surface area contributed by atoms with Crippen LogP contribution in [0.5, 0.6) is 0 Å². The zero-order chi connectivity index (χ0) is 41.2. The number of hydrogen-bond donors (Lipinski definition) is 0. The lowest BCUT2D eigenvalue weighted by atomic mass is 11.3. The van der Waals surface area contributed by atoms with Crippen molar-refractivity contribution in [2.75, 3.05) is 0 Å². The minimum atomic E-state index is -1.30. The van der Waals surface area contributed by atoms with Crippen molar-refractivity contribution < 1.29 is 106 Å². The maximum Gasteiger partial charge on any atom is 1.01 e. The van der Waals surface area contributed by atoms with Gasteiger partial charge in [-0.15, -0.1) is 0 Å². The summed E-state index contributed by atoms with van der Waals surface area (Å²) in [5, 5.41) is 0. The summed E-state index contributed by atoms with van der Waals surface area (Å²) in [5.41, 5.74) is 1.66. The molecule has 0 spiro atoms. The van der Waals surface area contributed by atoms with Gasteiger partial charge >= 0.3 is 270 Å². The molecule has 0 bridgehead atoms. The second kappa shape index (κ2) is 51.6. The standard InChI is InChI=1S/C2H3O4Si4.6O4Si4/c1-2-10-5-8-3-7-4-9-6-10;6*1-5-2-7-4-8-3-6-1/h2H,1H2;;;;;;. The molecule has 7 aliphatic rings. The van der Waals surface area contributed by atoms with E-state index >= 15 is 0 Å². The Kier molecular flexibility index (Phi) is 50.0. The Morgan fingerprint density at radius 1 is 0.241 bits per heavy atom. The third-order valence-electron chi connectivity index (χ3n) is 2.62. The van der Waals surface area contributed by atoms with E-state index in [1.165, 1.54) is 0 Å². The van der Waals surface area contributed by atoms with Crippen LogP contribution in [0.15, 0.2) is 12.3 Å². The van der Waals surface area contributed by atoms with E-state index in [1.54, 1.807) is 5.70 Å². The molecule has 0 atom stereocenters. The summed E-state index contributed by atoms with van der Waals surface area (Å²) in [6.45, 7) is 3.55. The van der Waals surface area contributed by atoms with Crippen molar-refractivity contribution in [1.82, 2.24) is 0 Å². The second-order valence-electron chi connectivity index (χ2n) is 5.63. The van der Waals surface area contributed by atoms with Crippen molar-refractivity contribution in [3.63, 3.8) is 0 Å². The molecule has 56 heteroatoms. The molecule has 1 radical (unpaired) electrons. The summed E-state index contributed by atoms with van der Waals surface area (Å²) < 4.78 is 136. The highest BCUT2D eigenvalue weighted by Gasteiger charge is 2.34. The summed E-state index contributed by atoms with van der Waals surface area (Å²) in [5.74, 6) is 0. The van der Waals surface area contributed by atoms with E-state index < -0.39 is 9.28 Å². The summed E-state index contributed by atoms with van der Waals surface area (Å²) in [4.78, 5) is 0. The fraction of sp³-hybridized carbons (Fsp3) is 0. The van der Waals surface area contributed by atoms with Gasteiger partial charge in [0.05, 0.1) is 5.70 Å². The lowest BCUT2D eigenvalue weighted by Gasteiger charge is -1.95. The molecule has 0 aromatic heterocycles. The minimum absolute atomic E-state index is 0.0182. The van der Waals surface area contributed by atoms with E-state index in [-0.39, 0.29) is 261 Å². The second-order valence-corrected chi connectivity index (χ2v) is 34.0. The van der Waals surface area contributed by atoms with Crippen LogP contribution in [0.25, 0.3) is 0 Å². The van der Waals surface area contributed by atoms with E-state index in [0.29, 0.717) is 0 Å². The van der Waals surface area contributed by atoms with Crippen LogP contribution in [-0.4, -0.2) is 270 Å². The summed E-state index contributed by atoms with van der Waals surface area (Å²) in [6.07, 6.45) is 0. The van der Waals surface area contributed by atoms with E-state index in [9.17, 15) is 0 Å². The highest BCUT2D eigenvalue weighted by molar-refractivity contribution is 6.56. The van der Waals surface area contributed by atoms with Crippen molar-refractivity contribution in [2.45, 2.75) is 0 Å². The molecule has 0 saturated heterocycles. The SMILES string of the molecule is C=C[Si]1O[Si-]=[O+][Si-]=[O+][Si-]=[O+]1.[O+]1=[Si-][O+]=[Si-][O+]=[Si-][O+]=[Si-]1.[O+]1=[Si-][O+]=[Si-][O+]=[Si-][O+]=[Si-]1.[O+]1=[Si-][O+]=[Si-][O+]=[Si-][O+]=[Si-]1.[O+]1=[Si-][O+]=[Si-][O+]=[Si-][O+]=[Si-]1.[O+]1=[Si-][O+]=[Si-][O+]=[Si-][O+]=[Si-]1.[O+]1=[Si-][O+]=[Si-][O+]=[Si-][O+]=[Si-]1. The van der Waals surface area contributed by atoms with Gasteiger partial charge in [0.2, 0.25) is 0 Å². The minimum Gasteiger partial charge on any atom is -0.747 e. The van der Waals surface area contributed by atoms with Crippen molar-refractivity contribution in [2.24, 2.45) is 0 Å². The van der Waals surface area contributed by atoms with Crippen LogP contribution in [0.1, 0.15) is 0 Å². The molecule has 0 fully saturated rings. The van der Waals surface area contributed by atoms with Gasteiger partial charge in [-0.1, -0.05) is 6.58 Å². The van der Waals surface area contributed by atoms with Crippen LogP contribution in [0, 0.1) is 0 Å². The van der Waals surface area contributed by atoms with Gasteiger partial charge < -0.3 is 106 Å². The number of hydrogen-bond acceptors (Lipinski definition) is 1. The van der Waals surface area contributed by atoms with Crippen LogP contribution in [0.2, 0.25) is 0 Å². The predicted molar refractivity (Wildman–Crippen MR) is 191 cm³/mol. The molecule has 0 N–H and O–H groups in total. The largest absolute Gasteiger partial charge is 1.01 e. The fourth-order valence-electron chi connectivity index (χ4n) is 1.19. The third kappa shape index (κ3) is 47.3. The molecular weight excluding hydrogens is 1260 g/mol. The quantitative estimate of drug-likeness (QED) is 0.179. The van der Waals surface area contributed by atoms with Gasteiger partial charge in [0.1, 0.15) is 0 Å². The normalized spacial score (nSPS) is 16.3. The van der Waals surface area contributed by atoms with Gasteiger partial charge in [0.25, 0.3) is 0 Å². The first-order valence-corrected chi connectivity index (χ1v) is 35.6. The lowest BCUT2D eigenvalue weighted by Crippen LogP contribution is -2.19. The molecule has 28 nitrogen and oxygen atoms in total. The third-order valence-corrected chi connectivity index (χ3v) is 22.6. The monoisotopic (exact) mass is 1260 g/mol. The van der Waals surface area contributed by atoms with Gasteiger partial charge in [-0.2, -0.15) is 0 Å². The van der Waals surface area contributed by atoms with E-state index in [0.717, 1.165) is 0 Å². The highest BCUT2D eigenvalue weighted by atomic mass is 28.4. The van der Waals surface area contributed by atoms with Crippen molar-refractivity contribution in [1.29, 1.82) is 0 Å². The topological polar surface area (TPSA) is 314 Å². The molecule has 0 aromatic rings. The van der Waals surface area contributed by atoms with Crippen LogP contribution in [0.3, 0.4) is 0 Å². The first kappa shape index (κ1) is 56.2. The Morgan fingerprint density at radius 2 is 0.397 bits per heavy atom. The van der Waals surface area contributed by atoms with E-state index in [4.69, 9.17) is 106 Å². The Balaban J connectivity index is 0.000000339. The molecule has 0 aliphatic carbocycles. The van der Waals surface area contributed by atoms with E-state index in [1.807, 2.05) is 0 Å².